The van der Waals surface area contributed by atoms with Crippen LogP contribution in [0.5, 0.6) is 0 Å². The molecule has 24 heavy (non-hydrogen) atoms. The maximum absolute atomic E-state index is 12.0. The molecule has 2 aliphatic heterocycles. The fourth-order valence-corrected chi connectivity index (χ4v) is 2.78. The van der Waals surface area contributed by atoms with Gasteiger partial charge in [-0.05, 0) is 19.4 Å². The molecule has 2 fully saturated rings. The summed E-state index contributed by atoms with van der Waals surface area (Å²) in [5.74, 6) is -2.12. The lowest BCUT2D eigenvalue weighted by atomic mass is 10.1. The minimum absolute atomic E-state index is 0.0783. The molecule has 1 aromatic rings. The second-order valence-corrected chi connectivity index (χ2v) is 6.10. The van der Waals surface area contributed by atoms with Crippen LogP contribution in [0, 0.1) is 0 Å². The minimum Gasteiger partial charge on any atom is -0.479 e. The van der Waals surface area contributed by atoms with E-state index in [4.69, 9.17) is 18.9 Å². The van der Waals surface area contributed by atoms with Gasteiger partial charge in [0.25, 0.3) is 0 Å². The van der Waals surface area contributed by atoms with Crippen molar-refractivity contribution in [1.82, 2.24) is 5.32 Å². The molecule has 3 rings (SSSR count). The first-order valence-corrected chi connectivity index (χ1v) is 7.57. The van der Waals surface area contributed by atoms with E-state index in [2.05, 4.69) is 5.32 Å². The van der Waals surface area contributed by atoms with Crippen LogP contribution in [-0.4, -0.2) is 47.5 Å². The van der Waals surface area contributed by atoms with Crippen molar-refractivity contribution in [3.8, 4) is 0 Å². The third-order valence-electron chi connectivity index (χ3n) is 3.79. The van der Waals surface area contributed by atoms with E-state index in [1.165, 1.54) is 0 Å². The average Bonchev–Trinajstić information content (AvgIpc) is 2.99. The summed E-state index contributed by atoms with van der Waals surface area (Å²) in [6.07, 6.45) is -3.57. The lowest BCUT2D eigenvalue weighted by molar-refractivity contribution is -0.211. The minimum atomic E-state index is -1.26. The largest absolute Gasteiger partial charge is 0.479 e. The SMILES string of the molecule is CC1(C)O[C@H]2OC(C(=O)O)[C@@H](NC(=O)OCc3ccccc3)[C@H]2O1. The fraction of sp³-hybridized carbons (Fsp3) is 0.500. The standard InChI is InChI=1S/C16H19NO7/c1-16(2)23-12-10(11(13(18)19)22-14(12)24-16)17-15(20)21-8-9-6-4-3-5-7-9/h3-7,10-12,14H,8H2,1-2H3,(H,17,20)(H,18,19)/t10-,11?,12-,14-/m1/s1. The zero-order chi connectivity index (χ0) is 17.3. The van der Waals surface area contributed by atoms with Crippen LogP contribution < -0.4 is 5.32 Å². The summed E-state index contributed by atoms with van der Waals surface area (Å²) < 4.78 is 21.6. The van der Waals surface area contributed by atoms with Crippen LogP contribution in [0.15, 0.2) is 30.3 Å². The molecule has 4 atom stereocenters. The van der Waals surface area contributed by atoms with Crippen molar-refractivity contribution in [1.29, 1.82) is 0 Å². The molecule has 0 radical (unpaired) electrons. The van der Waals surface area contributed by atoms with E-state index in [0.29, 0.717) is 0 Å². The van der Waals surface area contributed by atoms with Gasteiger partial charge in [-0.2, -0.15) is 0 Å². The molecule has 1 amide bonds. The fourth-order valence-electron chi connectivity index (χ4n) is 2.78. The molecule has 0 bridgehead atoms. The summed E-state index contributed by atoms with van der Waals surface area (Å²) in [6.45, 7) is 3.46. The third-order valence-corrected chi connectivity index (χ3v) is 3.79. The highest BCUT2D eigenvalue weighted by Crippen LogP contribution is 2.37. The summed E-state index contributed by atoms with van der Waals surface area (Å²) in [7, 11) is 0. The maximum Gasteiger partial charge on any atom is 0.407 e. The highest BCUT2D eigenvalue weighted by atomic mass is 16.8. The Hall–Kier alpha value is -2.16. The summed E-state index contributed by atoms with van der Waals surface area (Å²) in [4.78, 5) is 23.3. The Morgan fingerprint density at radius 1 is 1.25 bits per heavy atom. The Kier molecular flexibility index (Phi) is 4.44. The number of ether oxygens (including phenoxy) is 4. The number of hydrogen-bond acceptors (Lipinski definition) is 6. The van der Waals surface area contributed by atoms with Crippen molar-refractivity contribution in [2.24, 2.45) is 0 Å². The number of fused-ring (bicyclic) bond motifs is 1. The second-order valence-electron chi connectivity index (χ2n) is 6.10. The number of benzene rings is 1. The van der Waals surface area contributed by atoms with Gasteiger partial charge in [-0.1, -0.05) is 30.3 Å². The van der Waals surface area contributed by atoms with Crippen LogP contribution in [0.3, 0.4) is 0 Å². The lowest BCUT2D eigenvalue weighted by Gasteiger charge is -2.24. The van der Waals surface area contributed by atoms with Crippen molar-refractivity contribution >= 4 is 12.1 Å². The smallest absolute Gasteiger partial charge is 0.407 e. The lowest BCUT2D eigenvalue weighted by Crippen LogP contribution is -2.50. The highest BCUT2D eigenvalue weighted by Gasteiger charge is 2.57. The first-order valence-electron chi connectivity index (χ1n) is 7.57. The molecule has 0 saturated carbocycles. The Labute approximate surface area is 138 Å². The predicted molar refractivity (Wildman–Crippen MR) is 79.9 cm³/mol. The molecule has 0 aliphatic carbocycles. The van der Waals surface area contributed by atoms with Gasteiger partial charge in [-0.3, -0.25) is 0 Å². The van der Waals surface area contributed by atoms with Gasteiger partial charge < -0.3 is 29.4 Å². The van der Waals surface area contributed by atoms with Gasteiger partial charge in [-0.15, -0.1) is 0 Å². The van der Waals surface area contributed by atoms with Gasteiger partial charge >= 0.3 is 12.1 Å². The van der Waals surface area contributed by atoms with Gasteiger partial charge in [0, 0.05) is 0 Å². The molecule has 1 aromatic carbocycles. The van der Waals surface area contributed by atoms with Crippen molar-refractivity contribution in [2.75, 3.05) is 0 Å². The van der Waals surface area contributed by atoms with Crippen molar-refractivity contribution in [2.45, 2.75) is 50.8 Å². The Balaban J connectivity index is 1.62. The van der Waals surface area contributed by atoms with E-state index < -0.39 is 42.4 Å². The van der Waals surface area contributed by atoms with Crippen LogP contribution >= 0.6 is 0 Å². The molecule has 130 valence electrons. The number of carboxylic acids is 1. The summed E-state index contributed by atoms with van der Waals surface area (Å²) in [6, 6.07) is 8.25. The van der Waals surface area contributed by atoms with Gasteiger partial charge in [0.05, 0.1) is 0 Å². The number of carbonyl (C=O) groups is 2. The van der Waals surface area contributed by atoms with Gasteiger partial charge in [-0.25, -0.2) is 9.59 Å². The predicted octanol–water partition coefficient (Wildman–Crippen LogP) is 1.24. The molecule has 8 nitrogen and oxygen atoms in total. The molecule has 8 heteroatoms. The first-order chi connectivity index (χ1) is 11.4. The molecule has 2 heterocycles. The molecule has 2 aliphatic rings. The normalized spacial score (nSPS) is 30.6. The zero-order valence-electron chi connectivity index (χ0n) is 13.3. The molecule has 2 N–H and O–H groups in total. The first kappa shape index (κ1) is 16.7. The topological polar surface area (TPSA) is 103 Å². The van der Waals surface area contributed by atoms with Crippen molar-refractivity contribution in [3.63, 3.8) is 0 Å². The van der Waals surface area contributed by atoms with E-state index in [1.807, 2.05) is 30.3 Å². The quantitative estimate of drug-likeness (QED) is 0.852. The number of hydrogen-bond donors (Lipinski definition) is 2. The number of carbonyl (C=O) groups excluding carboxylic acids is 1. The Bertz CT molecular complexity index is 618. The number of amides is 1. The summed E-state index contributed by atoms with van der Waals surface area (Å²) in [5.41, 5.74) is 0.824. The number of aliphatic carboxylic acids is 1. The van der Waals surface area contributed by atoms with Gasteiger partial charge in [0.2, 0.25) is 0 Å². The summed E-state index contributed by atoms with van der Waals surface area (Å²) in [5, 5.41) is 11.8. The van der Waals surface area contributed by atoms with E-state index >= 15 is 0 Å². The molecule has 1 unspecified atom stereocenters. The van der Waals surface area contributed by atoms with E-state index in [0.717, 1.165) is 5.56 Å². The average molecular weight is 337 g/mol. The molecular weight excluding hydrogens is 318 g/mol. The number of carboxylic acid groups (broad SMARTS) is 1. The zero-order valence-corrected chi connectivity index (χ0v) is 13.3. The molecule has 0 spiro atoms. The second kappa shape index (κ2) is 6.39. The van der Waals surface area contributed by atoms with Crippen LogP contribution in [-0.2, 0) is 30.3 Å². The van der Waals surface area contributed by atoms with Gasteiger partial charge in [0.15, 0.2) is 18.2 Å². The maximum atomic E-state index is 12.0. The third kappa shape index (κ3) is 3.50. The van der Waals surface area contributed by atoms with Crippen LogP contribution in [0.25, 0.3) is 0 Å². The van der Waals surface area contributed by atoms with E-state index in [1.54, 1.807) is 13.8 Å². The number of alkyl carbamates (subject to hydrolysis) is 1. The summed E-state index contributed by atoms with van der Waals surface area (Å²) >= 11 is 0. The van der Waals surface area contributed by atoms with Gasteiger partial charge in [0.1, 0.15) is 18.8 Å². The monoisotopic (exact) mass is 337 g/mol. The van der Waals surface area contributed by atoms with E-state index in [-0.39, 0.29) is 6.61 Å². The highest BCUT2D eigenvalue weighted by molar-refractivity contribution is 5.76. The number of rotatable bonds is 4. The van der Waals surface area contributed by atoms with Crippen molar-refractivity contribution < 1.29 is 33.6 Å². The van der Waals surface area contributed by atoms with Crippen molar-refractivity contribution in [3.05, 3.63) is 35.9 Å². The van der Waals surface area contributed by atoms with Crippen LogP contribution in [0.4, 0.5) is 4.79 Å². The molecule has 2 saturated heterocycles. The molecular formula is C16H19NO7. The van der Waals surface area contributed by atoms with Crippen LogP contribution in [0.2, 0.25) is 0 Å². The molecule has 0 aromatic heterocycles. The Morgan fingerprint density at radius 2 is 1.96 bits per heavy atom. The van der Waals surface area contributed by atoms with Crippen LogP contribution in [0.1, 0.15) is 19.4 Å². The number of nitrogens with one attached hydrogen (secondary N) is 1. The Morgan fingerprint density at radius 3 is 2.62 bits per heavy atom. The van der Waals surface area contributed by atoms with E-state index in [9.17, 15) is 14.7 Å².